The Balaban J connectivity index is 2.23. The van der Waals surface area contributed by atoms with Gasteiger partial charge in [-0.2, -0.15) is 0 Å². The van der Waals surface area contributed by atoms with Gasteiger partial charge in [-0.25, -0.2) is 0 Å². The fraction of sp³-hybridized carbons (Fsp3) is 0.294. The zero-order valence-electron chi connectivity index (χ0n) is 12.4. The first-order chi connectivity index (χ1) is 10.6. The first-order valence-electron chi connectivity index (χ1n) is 7.15. The summed E-state index contributed by atoms with van der Waals surface area (Å²) < 4.78 is 0. The zero-order valence-corrected chi connectivity index (χ0v) is 13.1. The SMILES string of the molecule is C[C@@H](CO)NC(=O)C(Cc1ccncc1)c1ccc(Cl)cc1. The Kier molecular flexibility index (Phi) is 5.92. The summed E-state index contributed by atoms with van der Waals surface area (Å²) in [6.45, 7) is 1.68. The molecule has 0 saturated carbocycles. The van der Waals surface area contributed by atoms with E-state index < -0.39 is 0 Å². The van der Waals surface area contributed by atoms with Gasteiger partial charge in [-0.1, -0.05) is 23.7 Å². The lowest BCUT2D eigenvalue weighted by molar-refractivity contribution is -0.123. The van der Waals surface area contributed by atoms with Crippen molar-refractivity contribution < 1.29 is 9.90 Å². The molecule has 0 spiro atoms. The maximum Gasteiger partial charge on any atom is 0.228 e. The summed E-state index contributed by atoms with van der Waals surface area (Å²) in [7, 11) is 0. The molecule has 1 unspecified atom stereocenters. The quantitative estimate of drug-likeness (QED) is 0.860. The van der Waals surface area contributed by atoms with E-state index in [1.807, 2.05) is 24.3 Å². The number of nitrogens with zero attached hydrogens (tertiary/aromatic N) is 1. The normalized spacial score (nSPS) is 13.4. The van der Waals surface area contributed by atoms with Crippen LogP contribution in [0.1, 0.15) is 24.0 Å². The molecule has 0 bridgehead atoms. The molecule has 1 heterocycles. The lowest BCUT2D eigenvalue weighted by atomic mass is 9.91. The van der Waals surface area contributed by atoms with E-state index in [2.05, 4.69) is 10.3 Å². The summed E-state index contributed by atoms with van der Waals surface area (Å²) in [5.41, 5.74) is 1.92. The number of benzene rings is 1. The van der Waals surface area contributed by atoms with E-state index in [0.29, 0.717) is 11.4 Å². The predicted octanol–water partition coefficient (Wildman–Crippen LogP) is 2.56. The van der Waals surface area contributed by atoms with Crippen LogP contribution in [0.15, 0.2) is 48.8 Å². The van der Waals surface area contributed by atoms with Crippen molar-refractivity contribution in [2.75, 3.05) is 6.61 Å². The van der Waals surface area contributed by atoms with Crippen molar-refractivity contribution in [2.24, 2.45) is 0 Å². The van der Waals surface area contributed by atoms with Gasteiger partial charge in [0.05, 0.1) is 12.5 Å². The molecule has 2 aromatic rings. The summed E-state index contributed by atoms with van der Waals surface area (Å²) in [5, 5.41) is 12.6. The molecule has 116 valence electrons. The second-order valence-corrected chi connectivity index (χ2v) is 5.69. The lowest BCUT2D eigenvalue weighted by Gasteiger charge is -2.20. The summed E-state index contributed by atoms with van der Waals surface area (Å²) in [5.74, 6) is -0.450. The largest absolute Gasteiger partial charge is 0.394 e. The predicted molar refractivity (Wildman–Crippen MR) is 86.8 cm³/mol. The van der Waals surface area contributed by atoms with Crippen molar-refractivity contribution in [1.82, 2.24) is 10.3 Å². The summed E-state index contributed by atoms with van der Waals surface area (Å²) in [4.78, 5) is 16.5. The number of hydrogen-bond donors (Lipinski definition) is 2. The number of carbonyl (C=O) groups excluding carboxylic acids is 1. The third-order valence-electron chi connectivity index (χ3n) is 3.44. The van der Waals surface area contributed by atoms with Crippen LogP contribution in [0.4, 0.5) is 0 Å². The average molecular weight is 319 g/mol. The van der Waals surface area contributed by atoms with Gasteiger partial charge in [0.2, 0.25) is 5.91 Å². The van der Waals surface area contributed by atoms with Crippen molar-refractivity contribution >= 4 is 17.5 Å². The number of pyridine rings is 1. The molecule has 0 radical (unpaired) electrons. The Hall–Kier alpha value is -1.91. The molecule has 0 fully saturated rings. The molecule has 2 atom stereocenters. The van der Waals surface area contributed by atoms with Gasteiger partial charge in [0.15, 0.2) is 0 Å². The van der Waals surface area contributed by atoms with E-state index in [1.54, 1.807) is 31.5 Å². The van der Waals surface area contributed by atoms with Crippen LogP contribution in [0, 0.1) is 0 Å². The van der Waals surface area contributed by atoms with Gasteiger partial charge in [-0.05, 0) is 48.7 Å². The molecule has 0 aliphatic heterocycles. The highest BCUT2D eigenvalue weighted by Crippen LogP contribution is 2.23. The highest BCUT2D eigenvalue weighted by atomic mass is 35.5. The highest BCUT2D eigenvalue weighted by molar-refractivity contribution is 6.30. The van der Waals surface area contributed by atoms with E-state index in [9.17, 15) is 4.79 Å². The van der Waals surface area contributed by atoms with Gasteiger partial charge in [0.25, 0.3) is 0 Å². The Labute approximate surface area is 135 Å². The second kappa shape index (κ2) is 7.92. The number of halogens is 1. The van der Waals surface area contributed by atoms with E-state index >= 15 is 0 Å². The monoisotopic (exact) mass is 318 g/mol. The number of aromatic nitrogens is 1. The molecule has 4 nitrogen and oxygen atoms in total. The number of aliphatic hydroxyl groups excluding tert-OH is 1. The molecule has 0 aliphatic carbocycles. The Morgan fingerprint density at radius 1 is 1.23 bits per heavy atom. The van der Waals surface area contributed by atoms with Crippen LogP contribution in [-0.2, 0) is 11.2 Å². The number of rotatable bonds is 6. The smallest absolute Gasteiger partial charge is 0.228 e. The summed E-state index contributed by atoms with van der Waals surface area (Å²) in [6.07, 6.45) is 3.99. The minimum atomic E-state index is -0.339. The van der Waals surface area contributed by atoms with Crippen molar-refractivity contribution in [3.63, 3.8) is 0 Å². The van der Waals surface area contributed by atoms with E-state index in [-0.39, 0.29) is 24.5 Å². The average Bonchev–Trinajstić information content (AvgIpc) is 2.54. The van der Waals surface area contributed by atoms with Gasteiger partial charge in [-0.15, -0.1) is 0 Å². The molecule has 0 saturated heterocycles. The standard InChI is InChI=1S/C17H19ClN2O2/c1-12(11-21)20-17(22)16(10-13-6-8-19-9-7-13)14-2-4-15(18)5-3-14/h2-9,12,16,21H,10-11H2,1H3,(H,20,22)/t12-,16?/m0/s1. The van der Waals surface area contributed by atoms with Crippen molar-refractivity contribution in [1.29, 1.82) is 0 Å². The Bertz CT molecular complexity index is 602. The van der Waals surface area contributed by atoms with Gasteiger partial charge >= 0.3 is 0 Å². The zero-order chi connectivity index (χ0) is 15.9. The Morgan fingerprint density at radius 3 is 2.45 bits per heavy atom. The maximum atomic E-state index is 12.5. The van der Waals surface area contributed by atoms with Crippen LogP contribution in [0.2, 0.25) is 5.02 Å². The number of aliphatic hydroxyl groups is 1. The van der Waals surface area contributed by atoms with Crippen LogP contribution in [0.25, 0.3) is 0 Å². The number of nitrogens with one attached hydrogen (secondary N) is 1. The number of hydrogen-bond acceptors (Lipinski definition) is 3. The molecule has 0 aliphatic rings. The van der Waals surface area contributed by atoms with Crippen LogP contribution >= 0.6 is 11.6 Å². The van der Waals surface area contributed by atoms with Crippen LogP contribution in [-0.4, -0.2) is 28.6 Å². The van der Waals surface area contributed by atoms with Crippen molar-refractivity contribution in [2.45, 2.75) is 25.3 Å². The van der Waals surface area contributed by atoms with Crippen molar-refractivity contribution in [3.8, 4) is 0 Å². The van der Waals surface area contributed by atoms with Gasteiger partial charge in [-0.3, -0.25) is 9.78 Å². The van der Waals surface area contributed by atoms with Crippen LogP contribution in [0.5, 0.6) is 0 Å². The second-order valence-electron chi connectivity index (χ2n) is 5.26. The van der Waals surface area contributed by atoms with Crippen LogP contribution in [0.3, 0.4) is 0 Å². The molecular formula is C17H19ClN2O2. The van der Waals surface area contributed by atoms with Gasteiger partial charge < -0.3 is 10.4 Å². The van der Waals surface area contributed by atoms with Crippen molar-refractivity contribution in [3.05, 3.63) is 64.9 Å². The first-order valence-corrected chi connectivity index (χ1v) is 7.53. The van der Waals surface area contributed by atoms with Gasteiger partial charge in [0.1, 0.15) is 0 Å². The Morgan fingerprint density at radius 2 is 1.86 bits per heavy atom. The molecule has 1 aromatic heterocycles. The molecule has 2 N–H and O–H groups in total. The highest BCUT2D eigenvalue weighted by Gasteiger charge is 2.22. The fourth-order valence-electron chi connectivity index (χ4n) is 2.20. The van der Waals surface area contributed by atoms with E-state index in [4.69, 9.17) is 16.7 Å². The summed E-state index contributed by atoms with van der Waals surface area (Å²) >= 11 is 5.92. The first kappa shape index (κ1) is 16.5. The fourth-order valence-corrected chi connectivity index (χ4v) is 2.33. The molecular weight excluding hydrogens is 300 g/mol. The van der Waals surface area contributed by atoms with Crippen LogP contribution < -0.4 is 5.32 Å². The summed E-state index contributed by atoms with van der Waals surface area (Å²) in [6, 6.07) is 10.8. The third-order valence-corrected chi connectivity index (χ3v) is 3.69. The topological polar surface area (TPSA) is 62.2 Å². The van der Waals surface area contributed by atoms with E-state index in [0.717, 1.165) is 11.1 Å². The van der Waals surface area contributed by atoms with E-state index in [1.165, 1.54) is 0 Å². The molecule has 2 rings (SSSR count). The third kappa shape index (κ3) is 4.55. The van der Waals surface area contributed by atoms with Gasteiger partial charge in [0, 0.05) is 23.5 Å². The molecule has 5 heteroatoms. The number of amides is 1. The molecule has 1 aromatic carbocycles. The minimum absolute atomic E-state index is 0.0890. The molecule has 1 amide bonds. The minimum Gasteiger partial charge on any atom is -0.394 e. The molecule has 22 heavy (non-hydrogen) atoms. The lowest BCUT2D eigenvalue weighted by Crippen LogP contribution is -2.39. The number of carbonyl (C=O) groups is 1. The maximum absolute atomic E-state index is 12.5.